The zero-order valence-electron chi connectivity index (χ0n) is 12.8. The Labute approximate surface area is 130 Å². The fourth-order valence-corrected chi connectivity index (χ4v) is 3.20. The number of carbonyl (C=O) groups is 1. The number of fused-ring (bicyclic) bond motifs is 2. The summed E-state index contributed by atoms with van der Waals surface area (Å²) in [5.74, 6) is -0.435. The Balaban J connectivity index is 2.05. The van der Waals surface area contributed by atoms with E-state index in [2.05, 4.69) is 0 Å². The normalized spacial score (nSPS) is 22.7. The van der Waals surface area contributed by atoms with Gasteiger partial charge in [-0.15, -0.1) is 0 Å². The molecule has 0 fully saturated rings. The van der Waals surface area contributed by atoms with Gasteiger partial charge in [0.1, 0.15) is 6.04 Å². The molecule has 0 spiro atoms. The third kappa shape index (κ3) is 2.71. The molecule has 1 aromatic rings. The van der Waals surface area contributed by atoms with E-state index in [0.29, 0.717) is 35.8 Å². The highest BCUT2D eigenvalue weighted by atomic mass is 19.4. The molecule has 1 aromatic carbocycles. The van der Waals surface area contributed by atoms with Gasteiger partial charge in [0.2, 0.25) is 18.3 Å². The maximum absolute atomic E-state index is 12.7. The molecule has 126 valence electrons. The van der Waals surface area contributed by atoms with Crippen molar-refractivity contribution in [2.45, 2.75) is 25.1 Å². The fraction of sp³-hybridized carbons (Fsp3) is 0.533. The molecule has 0 saturated carbocycles. The SMILES string of the molecule is COc1c2c(cc3c1[C@H](CC(=O)C(F)(F)F)[NH+](C)CC3)OCO2. The number of hydrogen-bond donors (Lipinski definition) is 1. The summed E-state index contributed by atoms with van der Waals surface area (Å²) >= 11 is 0. The molecule has 0 aromatic heterocycles. The second kappa shape index (κ2) is 5.59. The first-order valence-corrected chi connectivity index (χ1v) is 7.24. The first-order chi connectivity index (χ1) is 10.8. The van der Waals surface area contributed by atoms with Gasteiger partial charge in [-0.3, -0.25) is 4.79 Å². The van der Waals surface area contributed by atoms with Crippen LogP contribution in [0.3, 0.4) is 0 Å². The van der Waals surface area contributed by atoms with E-state index in [-0.39, 0.29) is 6.79 Å². The van der Waals surface area contributed by atoms with Crippen molar-refractivity contribution in [3.63, 3.8) is 0 Å². The molecule has 2 atom stereocenters. The highest BCUT2D eigenvalue weighted by molar-refractivity contribution is 5.84. The van der Waals surface area contributed by atoms with E-state index in [9.17, 15) is 18.0 Å². The van der Waals surface area contributed by atoms with Crippen LogP contribution in [0.15, 0.2) is 6.07 Å². The van der Waals surface area contributed by atoms with Crippen molar-refractivity contribution < 1.29 is 37.1 Å². The minimum Gasteiger partial charge on any atom is -0.492 e. The van der Waals surface area contributed by atoms with Crippen molar-refractivity contribution in [3.8, 4) is 17.2 Å². The molecule has 2 heterocycles. The van der Waals surface area contributed by atoms with Crippen LogP contribution >= 0.6 is 0 Å². The Morgan fingerprint density at radius 2 is 2.17 bits per heavy atom. The number of likely N-dealkylation sites (N-methyl/N-ethyl adjacent to an activating group) is 1. The number of carbonyl (C=O) groups excluding carboxylic acids is 1. The summed E-state index contributed by atoms with van der Waals surface area (Å²) in [6.07, 6.45) is -4.77. The Kier molecular flexibility index (Phi) is 3.87. The molecule has 1 unspecified atom stereocenters. The van der Waals surface area contributed by atoms with Crippen molar-refractivity contribution in [1.29, 1.82) is 0 Å². The van der Waals surface area contributed by atoms with Crippen molar-refractivity contribution in [3.05, 3.63) is 17.2 Å². The molecule has 23 heavy (non-hydrogen) atoms. The minimum atomic E-state index is -4.83. The number of benzene rings is 1. The van der Waals surface area contributed by atoms with Crippen LogP contribution in [0.5, 0.6) is 17.2 Å². The van der Waals surface area contributed by atoms with Gasteiger partial charge in [0.15, 0.2) is 11.5 Å². The highest BCUT2D eigenvalue weighted by Crippen LogP contribution is 2.48. The number of quaternary nitrogens is 1. The maximum atomic E-state index is 12.7. The molecule has 2 aliphatic heterocycles. The lowest BCUT2D eigenvalue weighted by atomic mass is 9.88. The monoisotopic (exact) mass is 332 g/mol. The van der Waals surface area contributed by atoms with Crippen LogP contribution in [-0.2, 0) is 11.2 Å². The minimum absolute atomic E-state index is 0.0451. The van der Waals surface area contributed by atoms with Crippen LogP contribution in [0.25, 0.3) is 0 Å². The summed E-state index contributed by atoms with van der Waals surface area (Å²) in [5, 5.41) is 0. The van der Waals surface area contributed by atoms with Crippen molar-refractivity contribution in [2.24, 2.45) is 0 Å². The lowest BCUT2D eigenvalue weighted by Gasteiger charge is -2.32. The summed E-state index contributed by atoms with van der Waals surface area (Å²) in [6, 6.07) is 1.15. The molecule has 0 saturated heterocycles. The summed E-state index contributed by atoms with van der Waals surface area (Å²) < 4.78 is 54.1. The zero-order valence-corrected chi connectivity index (χ0v) is 12.8. The topological polar surface area (TPSA) is 49.2 Å². The Hall–Kier alpha value is -1.96. The van der Waals surface area contributed by atoms with Gasteiger partial charge in [0.05, 0.1) is 32.7 Å². The number of rotatable bonds is 3. The maximum Gasteiger partial charge on any atom is 0.450 e. The Morgan fingerprint density at radius 1 is 1.43 bits per heavy atom. The molecule has 1 N–H and O–H groups in total. The molecule has 0 aliphatic carbocycles. The molecular formula is C15H17F3NO4+. The Bertz CT molecular complexity index is 645. The van der Waals surface area contributed by atoms with Crippen molar-refractivity contribution in [1.82, 2.24) is 0 Å². The lowest BCUT2D eigenvalue weighted by molar-refractivity contribution is -0.914. The number of methoxy groups -OCH3 is 1. The van der Waals surface area contributed by atoms with Gasteiger partial charge in [-0.25, -0.2) is 0 Å². The van der Waals surface area contributed by atoms with E-state index in [1.54, 1.807) is 13.1 Å². The molecule has 0 bridgehead atoms. The molecule has 8 heteroatoms. The van der Waals surface area contributed by atoms with Crippen LogP contribution in [0.4, 0.5) is 13.2 Å². The van der Waals surface area contributed by atoms with Gasteiger partial charge in [-0.2, -0.15) is 13.2 Å². The first kappa shape index (κ1) is 15.9. The van der Waals surface area contributed by atoms with Gasteiger partial charge in [-0.05, 0) is 11.6 Å². The van der Waals surface area contributed by atoms with E-state index >= 15 is 0 Å². The van der Waals surface area contributed by atoms with Crippen molar-refractivity contribution >= 4 is 5.78 Å². The van der Waals surface area contributed by atoms with Crippen LogP contribution in [-0.4, -0.2) is 39.5 Å². The smallest absolute Gasteiger partial charge is 0.450 e. The highest BCUT2D eigenvalue weighted by Gasteiger charge is 2.44. The summed E-state index contributed by atoms with van der Waals surface area (Å²) in [6.45, 7) is 0.676. The molecule has 5 nitrogen and oxygen atoms in total. The lowest BCUT2D eigenvalue weighted by Crippen LogP contribution is -3.10. The molecule has 0 radical (unpaired) electrons. The predicted octanol–water partition coefficient (Wildman–Crippen LogP) is 1.06. The van der Waals surface area contributed by atoms with Crippen LogP contribution in [0.2, 0.25) is 0 Å². The number of halogens is 3. The largest absolute Gasteiger partial charge is 0.492 e. The van der Waals surface area contributed by atoms with Gasteiger partial charge < -0.3 is 19.1 Å². The third-order valence-corrected chi connectivity index (χ3v) is 4.39. The predicted molar refractivity (Wildman–Crippen MR) is 73.0 cm³/mol. The molecule has 0 amide bonds. The van der Waals surface area contributed by atoms with Crippen LogP contribution in [0, 0.1) is 0 Å². The van der Waals surface area contributed by atoms with E-state index in [4.69, 9.17) is 14.2 Å². The summed E-state index contributed by atoms with van der Waals surface area (Å²) in [4.78, 5) is 12.3. The van der Waals surface area contributed by atoms with Crippen LogP contribution in [0.1, 0.15) is 23.6 Å². The molecule has 3 rings (SSSR count). The van der Waals surface area contributed by atoms with Gasteiger partial charge in [-0.1, -0.05) is 0 Å². The number of Topliss-reactive ketones (excluding diaryl/α,β-unsaturated/α-hetero) is 1. The van der Waals surface area contributed by atoms with Crippen molar-refractivity contribution in [2.75, 3.05) is 27.5 Å². The number of ketones is 1. The average molecular weight is 332 g/mol. The number of nitrogens with one attached hydrogen (secondary N) is 1. The standard InChI is InChI=1S/C15H16F3NO4/c1-19-4-3-8-5-10-13(23-7-22-10)14(21-2)12(8)9(19)6-11(20)15(16,17)18/h5,9H,3-4,6-7H2,1-2H3/p+1/t9-/m0/s1. The van der Waals surface area contributed by atoms with Gasteiger partial charge in [0.25, 0.3) is 0 Å². The van der Waals surface area contributed by atoms with E-state index in [1.807, 2.05) is 0 Å². The third-order valence-electron chi connectivity index (χ3n) is 4.39. The number of hydrogen-bond acceptors (Lipinski definition) is 4. The summed E-state index contributed by atoms with van der Waals surface area (Å²) in [7, 11) is 3.21. The second-order valence-corrected chi connectivity index (χ2v) is 5.74. The number of ether oxygens (including phenoxy) is 3. The second-order valence-electron chi connectivity index (χ2n) is 5.74. The van der Waals surface area contributed by atoms with Gasteiger partial charge >= 0.3 is 6.18 Å². The van der Waals surface area contributed by atoms with E-state index in [0.717, 1.165) is 10.5 Å². The zero-order chi connectivity index (χ0) is 16.8. The quantitative estimate of drug-likeness (QED) is 0.899. The van der Waals surface area contributed by atoms with E-state index < -0.39 is 24.4 Å². The number of alkyl halides is 3. The molecule has 2 aliphatic rings. The molecular weight excluding hydrogens is 315 g/mol. The fourth-order valence-electron chi connectivity index (χ4n) is 3.20. The van der Waals surface area contributed by atoms with Crippen LogP contribution < -0.4 is 19.1 Å². The Morgan fingerprint density at radius 3 is 2.83 bits per heavy atom. The van der Waals surface area contributed by atoms with Gasteiger partial charge in [0, 0.05) is 6.42 Å². The summed E-state index contributed by atoms with van der Waals surface area (Å²) in [5.41, 5.74) is 1.45. The van der Waals surface area contributed by atoms with E-state index in [1.165, 1.54) is 7.11 Å². The first-order valence-electron chi connectivity index (χ1n) is 7.24. The average Bonchev–Trinajstić information content (AvgIpc) is 2.94.